The SMILES string of the molecule is C=CC(=O)N1CC(N2CCN(C(=O)Nc3ccc(C)cc3C)CC2)C1. The number of hydrogen-bond acceptors (Lipinski definition) is 3. The van der Waals surface area contributed by atoms with E-state index in [2.05, 4.69) is 22.9 Å². The number of anilines is 1. The summed E-state index contributed by atoms with van der Waals surface area (Å²) < 4.78 is 0. The molecule has 0 aromatic heterocycles. The van der Waals surface area contributed by atoms with Gasteiger partial charge in [-0.2, -0.15) is 0 Å². The molecule has 1 aromatic rings. The Bertz CT molecular complexity index is 674. The van der Waals surface area contributed by atoms with Gasteiger partial charge in [0.25, 0.3) is 0 Å². The molecule has 1 N–H and O–H groups in total. The molecule has 0 aliphatic carbocycles. The second kappa shape index (κ2) is 7.27. The zero-order chi connectivity index (χ0) is 18.0. The van der Waals surface area contributed by atoms with E-state index in [9.17, 15) is 9.59 Å². The fourth-order valence-electron chi connectivity index (χ4n) is 3.43. The van der Waals surface area contributed by atoms with Crippen molar-refractivity contribution in [3.63, 3.8) is 0 Å². The average molecular weight is 342 g/mol. The smallest absolute Gasteiger partial charge is 0.321 e. The molecule has 0 atom stereocenters. The zero-order valence-electron chi connectivity index (χ0n) is 15.0. The van der Waals surface area contributed by atoms with Crippen LogP contribution in [0.5, 0.6) is 0 Å². The molecule has 6 heteroatoms. The second-order valence-electron chi connectivity index (χ2n) is 6.87. The Labute approximate surface area is 149 Å². The Morgan fingerprint density at radius 1 is 1.12 bits per heavy atom. The summed E-state index contributed by atoms with van der Waals surface area (Å²) in [6, 6.07) is 6.41. The Balaban J connectivity index is 1.47. The highest BCUT2D eigenvalue weighted by atomic mass is 16.2. The van der Waals surface area contributed by atoms with Gasteiger partial charge < -0.3 is 15.1 Å². The fourth-order valence-corrected chi connectivity index (χ4v) is 3.43. The lowest BCUT2D eigenvalue weighted by atomic mass is 10.1. The normalized spacial score (nSPS) is 18.6. The zero-order valence-corrected chi connectivity index (χ0v) is 15.0. The van der Waals surface area contributed by atoms with Crippen LogP contribution in [0.3, 0.4) is 0 Å². The molecule has 2 aliphatic rings. The number of hydrogen-bond donors (Lipinski definition) is 1. The molecular formula is C19H26N4O2. The Morgan fingerprint density at radius 3 is 2.40 bits per heavy atom. The van der Waals surface area contributed by atoms with Gasteiger partial charge >= 0.3 is 6.03 Å². The van der Waals surface area contributed by atoms with E-state index in [1.807, 2.05) is 30.9 Å². The Morgan fingerprint density at radius 2 is 1.80 bits per heavy atom. The van der Waals surface area contributed by atoms with Crippen LogP contribution >= 0.6 is 0 Å². The van der Waals surface area contributed by atoms with Gasteiger partial charge in [-0.05, 0) is 31.6 Å². The van der Waals surface area contributed by atoms with Crippen LogP contribution in [0.25, 0.3) is 0 Å². The first kappa shape index (κ1) is 17.5. The fraction of sp³-hybridized carbons (Fsp3) is 0.474. The number of urea groups is 1. The van der Waals surface area contributed by atoms with Gasteiger partial charge in [0.05, 0.1) is 0 Å². The summed E-state index contributed by atoms with van der Waals surface area (Å²) in [5, 5.41) is 3.01. The van der Waals surface area contributed by atoms with E-state index in [0.29, 0.717) is 19.1 Å². The number of amides is 3. The Hall–Kier alpha value is -2.34. The van der Waals surface area contributed by atoms with E-state index in [0.717, 1.165) is 37.4 Å². The van der Waals surface area contributed by atoms with Crippen molar-refractivity contribution in [3.05, 3.63) is 42.0 Å². The lowest BCUT2D eigenvalue weighted by Gasteiger charge is -2.47. The number of nitrogens with one attached hydrogen (secondary N) is 1. The number of benzene rings is 1. The maximum Gasteiger partial charge on any atom is 0.321 e. The monoisotopic (exact) mass is 342 g/mol. The van der Waals surface area contributed by atoms with Crippen LogP contribution < -0.4 is 5.32 Å². The molecule has 0 unspecified atom stereocenters. The predicted octanol–water partition coefficient (Wildman–Crippen LogP) is 1.85. The van der Waals surface area contributed by atoms with Gasteiger partial charge in [-0.25, -0.2) is 4.79 Å². The summed E-state index contributed by atoms with van der Waals surface area (Å²) in [6.07, 6.45) is 1.37. The van der Waals surface area contributed by atoms with E-state index in [-0.39, 0.29) is 11.9 Å². The van der Waals surface area contributed by atoms with Crippen LogP contribution in [0.15, 0.2) is 30.9 Å². The lowest BCUT2D eigenvalue weighted by molar-refractivity contribution is -0.133. The number of piperazine rings is 1. The number of carbonyl (C=O) groups excluding carboxylic acids is 2. The summed E-state index contributed by atoms with van der Waals surface area (Å²) in [5.74, 6) is 0.00253. The van der Waals surface area contributed by atoms with Crippen molar-refractivity contribution in [2.24, 2.45) is 0 Å². The molecule has 0 bridgehead atoms. The number of likely N-dealkylation sites (tertiary alicyclic amines) is 1. The first-order valence-electron chi connectivity index (χ1n) is 8.76. The molecule has 2 fully saturated rings. The van der Waals surface area contributed by atoms with Crippen LogP contribution in [0, 0.1) is 13.8 Å². The van der Waals surface area contributed by atoms with Crippen LogP contribution in [-0.2, 0) is 4.79 Å². The van der Waals surface area contributed by atoms with E-state index in [4.69, 9.17) is 0 Å². The van der Waals surface area contributed by atoms with E-state index in [1.54, 1.807) is 4.90 Å². The van der Waals surface area contributed by atoms with Crippen LogP contribution in [-0.4, -0.2) is 71.9 Å². The number of rotatable bonds is 3. The van der Waals surface area contributed by atoms with E-state index < -0.39 is 0 Å². The van der Waals surface area contributed by atoms with Crippen LogP contribution in [0.1, 0.15) is 11.1 Å². The lowest BCUT2D eigenvalue weighted by Crippen LogP contribution is -2.64. The second-order valence-corrected chi connectivity index (χ2v) is 6.87. The van der Waals surface area contributed by atoms with Crippen molar-refractivity contribution in [1.29, 1.82) is 0 Å². The van der Waals surface area contributed by atoms with Crippen molar-refractivity contribution in [2.75, 3.05) is 44.6 Å². The van der Waals surface area contributed by atoms with Crippen LogP contribution in [0.2, 0.25) is 0 Å². The van der Waals surface area contributed by atoms with Crippen LogP contribution in [0.4, 0.5) is 10.5 Å². The average Bonchev–Trinajstić information content (AvgIpc) is 2.56. The van der Waals surface area contributed by atoms with E-state index in [1.165, 1.54) is 11.6 Å². The molecule has 2 aliphatic heterocycles. The molecule has 3 rings (SSSR count). The molecule has 25 heavy (non-hydrogen) atoms. The summed E-state index contributed by atoms with van der Waals surface area (Å²) in [7, 11) is 0. The highest BCUT2D eigenvalue weighted by molar-refractivity contribution is 5.90. The van der Waals surface area contributed by atoms with Gasteiger partial charge in [-0.1, -0.05) is 24.3 Å². The van der Waals surface area contributed by atoms with Crippen molar-refractivity contribution in [2.45, 2.75) is 19.9 Å². The summed E-state index contributed by atoms with van der Waals surface area (Å²) in [5.41, 5.74) is 3.14. The molecule has 2 saturated heterocycles. The molecule has 3 amide bonds. The molecule has 2 heterocycles. The minimum Gasteiger partial charge on any atom is -0.336 e. The minimum absolute atomic E-state index is 0.00253. The first-order valence-corrected chi connectivity index (χ1v) is 8.76. The minimum atomic E-state index is -0.0383. The molecule has 1 aromatic carbocycles. The van der Waals surface area contributed by atoms with Crippen molar-refractivity contribution >= 4 is 17.6 Å². The van der Waals surface area contributed by atoms with Gasteiger partial charge in [0.1, 0.15) is 0 Å². The molecule has 6 nitrogen and oxygen atoms in total. The number of carbonyl (C=O) groups is 2. The molecule has 134 valence electrons. The van der Waals surface area contributed by atoms with Gasteiger partial charge in [-0.3, -0.25) is 9.69 Å². The Kier molecular flexibility index (Phi) is 5.08. The standard InChI is InChI=1S/C19H26N4O2/c1-4-18(24)23-12-16(13-23)21-7-9-22(10-8-21)19(25)20-17-6-5-14(2)11-15(17)3/h4-6,11,16H,1,7-10,12-13H2,2-3H3,(H,20,25). The third-order valence-electron chi connectivity index (χ3n) is 5.09. The largest absolute Gasteiger partial charge is 0.336 e. The molecular weight excluding hydrogens is 316 g/mol. The van der Waals surface area contributed by atoms with Gasteiger partial charge in [0.2, 0.25) is 5.91 Å². The number of aryl methyl sites for hydroxylation is 2. The quantitative estimate of drug-likeness (QED) is 0.853. The summed E-state index contributed by atoms with van der Waals surface area (Å²) in [4.78, 5) is 30.0. The molecule has 0 radical (unpaired) electrons. The molecule has 0 saturated carbocycles. The first-order chi connectivity index (χ1) is 12.0. The summed E-state index contributed by atoms with van der Waals surface area (Å²) >= 11 is 0. The maximum atomic E-state index is 12.5. The van der Waals surface area contributed by atoms with E-state index >= 15 is 0 Å². The van der Waals surface area contributed by atoms with Gasteiger partial charge in [-0.15, -0.1) is 0 Å². The van der Waals surface area contributed by atoms with Crippen molar-refractivity contribution < 1.29 is 9.59 Å². The number of nitrogens with zero attached hydrogens (tertiary/aromatic N) is 3. The predicted molar refractivity (Wildman–Crippen MR) is 98.6 cm³/mol. The highest BCUT2D eigenvalue weighted by Gasteiger charge is 2.35. The van der Waals surface area contributed by atoms with Crippen molar-refractivity contribution in [3.8, 4) is 0 Å². The topological polar surface area (TPSA) is 55.9 Å². The van der Waals surface area contributed by atoms with Gasteiger partial charge in [0.15, 0.2) is 0 Å². The van der Waals surface area contributed by atoms with Crippen molar-refractivity contribution in [1.82, 2.24) is 14.7 Å². The third-order valence-corrected chi connectivity index (χ3v) is 5.09. The highest BCUT2D eigenvalue weighted by Crippen LogP contribution is 2.19. The third kappa shape index (κ3) is 3.85. The van der Waals surface area contributed by atoms with Gasteiger partial charge in [0, 0.05) is 51.0 Å². The summed E-state index contributed by atoms with van der Waals surface area (Å²) in [6.45, 7) is 12.2. The maximum absolute atomic E-state index is 12.5. The molecule has 0 spiro atoms.